The SMILES string of the molecule is COc1ccc(-c2csc(NC(=O)c3cc(C)sc3C)n2)cc1Br. The number of amides is 1. The Morgan fingerprint density at radius 2 is 2.08 bits per heavy atom. The van der Waals surface area contributed by atoms with Crippen LogP contribution in [0.4, 0.5) is 5.13 Å². The number of carbonyl (C=O) groups excluding carboxylic acids is 1. The fourth-order valence-corrected chi connectivity index (χ4v) is 4.49. The van der Waals surface area contributed by atoms with E-state index in [-0.39, 0.29) is 5.91 Å². The number of halogens is 1. The fraction of sp³-hybridized carbons (Fsp3) is 0.176. The summed E-state index contributed by atoms with van der Waals surface area (Å²) < 4.78 is 6.10. The Morgan fingerprint density at radius 3 is 2.71 bits per heavy atom. The van der Waals surface area contributed by atoms with Crippen molar-refractivity contribution in [2.45, 2.75) is 13.8 Å². The predicted octanol–water partition coefficient (Wildman–Crippen LogP) is 5.51. The van der Waals surface area contributed by atoms with Crippen LogP contribution in [0.15, 0.2) is 34.1 Å². The molecular formula is C17H15BrN2O2S2. The molecule has 1 N–H and O–H groups in total. The first kappa shape index (κ1) is 17.1. The topological polar surface area (TPSA) is 51.2 Å². The lowest BCUT2D eigenvalue weighted by atomic mass is 10.2. The van der Waals surface area contributed by atoms with Gasteiger partial charge < -0.3 is 4.74 Å². The number of aromatic nitrogens is 1. The number of thiazole rings is 1. The first-order valence-corrected chi connectivity index (χ1v) is 9.64. The molecule has 0 aliphatic heterocycles. The van der Waals surface area contributed by atoms with Crippen molar-refractivity contribution in [3.8, 4) is 17.0 Å². The molecule has 0 atom stereocenters. The number of methoxy groups -OCH3 is 1. The third-order valence-electron chi connectivity index (χ3n) is 3.46. The number of hydrogen-bond acceptors (Lipinski definition) is 5. The maximum atomic E-state index is 12.4. The molecule has 0 radical (unpaired) electrons. The summed E-state index contributed by atoms with van der Waals surface area (Å²) in [6.45, 7) is 3.95. The molecule has 0 saturated heterocycles. The maximum absolute atomic E-state index is 12.4. The second kappa shape index (κ2) is 7.04. The minimum absolute atomic E-state index is 0.117. The van der Waals surface area contributed by atoms with Crippen LogP contribution in [0.5, 0.6) is 5.75 Å². The average Bonchev–Trinajstić information content (AvgIpc) is 3.13. The highest BCUT2D eigenvalue weighted by Gasteiger charge is 2.14. The molecule has 0 aliphatic carbocycles. The van der Waals surface area contributed by atoms with E-state index in [0.717, 1.165) is 31.2 Å². The third-order valence-corrected chi connectivity index (χ3v) is 5.80. The van der Waals surface area contributed by atoms with Crippen molar-refractivity contribution >= 4 is 49.6 Å². The van der Waals surface area contributed by atoms with Crippen molar-refractivity contribution in [1.29, 1.82) is 0 Å². The van der Waals surface area contributed by atoms with Gasteiger partial charge in [-0.15, -0.1) is 22.7 Å². The van der Waals surface area contributed by atoms with Gasteiger partial charge in [0, 0.05) is 20.7 Å². The molecule has 1 aromatic carbocycles. The number of anilines is 1. The lowest BCUT2D eigenvalue weighted by molar-refractivity contribution is 0.102. The molecule has 1 amide bonds. The Hall–Kier alpha value is -1.70. The minimum atomic E-state index is -0.117. The molecule has 124 valence electrons. The molecule has 4 nitrogen and oxygen atoms in total. The van der Waals surface area contributed by atoms with Gasteiger partial charge in [-0.3, -0.25) is 10.1 Å². The van der Waals surface area contributed by atoms with Gasteiger partial charge in [0.15, 0.2) is 5.13 Å². The number of carbonyl (C=O) groups is 1. The van der Waals surface area contributed by atoms with E-state index in [4.69, 9.17) is 4.74 Å². The number of hydrogen-bond donors (Lipinski definition) is 1. The summed E-state index contributed by atoms with van der Waals surface area (Å²) in [6.07, 6.45) is 0. The van der Waals surface area contributed by atoms with Crippen molar-refractivity contribution in [2.75, 3.05) is 12.4 Å². The molecule has 3 aromatic rings. The van der Waals surface area contributed by atoms with E-state index in [2.05, 4.69) is 26.2 Å². The molecule has 0 aliphatic rings. The highest BCUT2D eigenvalue weighted by molar-refractivity contribution is 9.10. The predicted molar refractivity (Wildman–Crippen MR) is 104 cm³/mol. The Labute approximate surface area is 156 Å². The van der Waals surface area contributed by atoms with E-state index in [1.54, 1.807) is 18.4 Å². The molecule has 0 unspecified atom stereocenters. The van der Waals surface area contributed by atoms with Gasteiger partial charge in [-0.25, -0.2) is 4.98 Å². The smallest absolute Gasteiger partial charge is 0.258 e. The highest BCUT2D eigenvalue weighted by atomic mass is 79.9. The first-order valence-electron chi connectivity index (χ1n) is 7.15. The van der Waals surface area contributed by atoms with E-state index >= 15 is 0 Å². The van der Waals surface area contributed by atoms with Gasteiger partial charge in [-0.1, -0.05) is 0 Å². The lowest BCUT2D eigenvalue weighted by Crippen LogP contribution is -2.11. The summed E-state index contributed by atoms with van der Waals surface area (Å²) in [6, 6.07) is 7.68. The number of nitrogens with zero attached hydrogens (tertiary/aromatic N) is 1. The second-order valence-electron chi connectivity index (χ2n) is 5.17. The van der Waals surface area contributed by atoms with Gasteiger partial charge in [0.25, 0.3) is 5.91 Å². The zero-order valence-corrected chi connectivity index (χ0v) is 16.6. The van der Waals surface area contributed by atoms with Gasteiger partial charge in [0.05, 0.1) is 22.8 Å². The van der Waals surface area contributed by atoms with Crippen molar-refractivity contribution in [3.05, 3.63) is 49.4 Å². The van der Waals surface area contributed by atoms with Crippen LogP contribution in [0.2, 0.25) is 0 Å². The van der Waals surface area contributed by atoms with Crippen molar-refractivity contribution in [1.82, 2.24) is 4.98 Å². The standard InChI is InChI=1S/C17H15BrN2O2S2/c1-9-6-12(10(2)24-9)16(21)20-17-19-14(8-23-17)11-4-5-15(22-3)13(18)7-11/h4-8H,1-3H3,(H,19,20,21). The van der Waals surface area contributed by atoms with E-state index in [0.29, 0.717) is 10.7 Å². The summed E-state index contributed by atoms with van der Waals surface area (Å²) in [5.41, 5.74) is 2.49. The molecule has 7 heteroatoms. The number of thiophene rings is 1. The molecule has 0 fully saturated rings. The van der Waals surface area contributed by atoms with Crippen LogP contribution < -0.4 is 10.1 Å². The monoisotopic (exact) mass is 422 g/mol. The Morgan fingerprint density at radius 1 is 1.29 bits per heavy atom. The van der Waals surface area contributed by atoms with Crippen LogP contribution in [0.3, 0.4) is 0 Å². The Kier molecular flexibility index (Phi) is 5.03. The van der Waals surface area contributed by atoms with Crippen molar-refractivity contribution < 1.29 is 9.53 Å². The highest BCUT2D eigenvalue weighted by Crippen LogP contribution is 2.32. The summed E-state index contributed by atoms with van der Waals surface area (Å²) >= 11 is 6.50. The Bertz CT molecular complexity index is 902. The summed E-state index contributed by atoms with van der Waals surface area (Å²) in [5, 5.41) is 5.39. The van der Waals surface area contributed by atoms with E-state index in [9.17, 15) is 4.79 Å². The number of ether oxygens (including phenoxy) is 1. The Balaban J connectivity index is 1.79. The molecule has 24 heavy (non-hydrogen) atoms. The van der Waals surface area contributed by atoms with E-state index < -0.39 is 0 Å². The van der Waals surface area contributed by atoms with Crippen molar-refractivity contribution in [3.63, 3.8) is 0 Å². The molecule has 0 bridgehead atoms. The molecular weight excluding hydrogens is 408 g/mol. The maximum Gasteiger partial charge on any atom is 0.258 e. The summed E-state index contributed by atoms with van der Waals surface area (Å²) in [7, 11) is 1.63. The zero-order chi connectivity index (χ0) is 17.3. The van der Waals surface area contributed by atoms with Gasteiger partial charge in [-0.2, -0.15) is 0 Å². The molecule has 2 heterocycles. The van der Waals surface area contributed by atoms with Crippen LogP contribution in [-0.2, 0) is 0 Å². The van der Waals surface area contributed by atoms with Gasteiger partial charge in [0.1, 0.15) is 5.75 Å². The van der Waals surface area contributed by atoms with Crippen LogP contribution in [0.1, 0.15) is 20.1 Å². The quantitative estimate of drug-likeness (QED) is 0.602. The average molecular weight is 423 g/mol. The zero-order valence-electron chi connectivity index (χ0n) is 13.3. The van der Waals surface area contributed by atoms with Crippen LogP contribution in [0.25, 0.3) is 11.3 Å². The van der Waals surface area contributed by atoms with Gasteiger partial charge in [0.2, 0.25) is 0 Å². The number of nitrogens with one attached hydrogen (secondary N) is 1. The molecule has 3 rings (SSSR count). The number of rotatable bonds is 4. The first-order chi connectivity index (χ1) is 11.5. The second-order valence-corrected chi connectivity index (χ2v) is 8.34. The van der Waals surface area contributed by atoms with Crippen LogP contribution >= 0.6 is 38.6 Å². The number of aryl methyl sites for hydroxylation is 2. The molecule has 0 saturated carbocycles. The van der Waals surface area contributed by atoms with E-state index in [1.165, 1.54) is 11.3 Å². The minimum Gasteiger partial charge on any atom is -0.496 e. The molecule has 0 spiro atoms. The normalized spacial score (nSPS) is 10.7. The third kappa shape index (κ3) is 3.53. The fourth-order valence-electron chi connectivity index (χ4n) is 2.31. The van der Waals surface area contributed by atoms with E-state index in [1.807, 2.05) is 43.5 Å². The lowest BCUT2D eigenvalue weighted by Gasteiger charge is -2.04. The summed E-state index contributed by atoms with van der Waals surface area (Å²) in [5.74, 6) is 0.652. The molecule has 2 aromatic heterocycles. The van der Waals surface area contributed by atoms with Crippen molar-refractivity contribution in [2.24, 2.45) is 0 Å². The van der Waals surface area contributed by atoms with Crippen LogP contribution in [0, 0.1) is 13.8 Å². The largest absolute Gasteiger partial charge is 0.496 e. The summed E-state index contributed by atoms with van der Waals surface area (Å²) in [4.78, 5) is 19.0. The van der Waals surface area contributed by atoms with Gasteiger partial charge >= 0.3 is 0 Å². The van der Waals surface area contributed by atoms with Gasteiger partial charge in [-0.05, 0) is 54.0 Å². The number of benzene rings is 1. The van der Waals surface area contributed by atoms with Crippen LogP contribution in [-0.4, -0.2) is 18.0 Å².